The molecule has 1 aliphatic heterocycles. The molecule has 1 nitrogen and oxygen atoms in total. The minimum absolute atomic E-state index is 0.0815. The molecule has 1 heterocycles. The lowest BCUT2D eigenvalue weighted by Crippen LogP contribution is -2.29. The fraction of sp³-hybridized carbons (Fsp3) is 0.818. The third kappa shape index (κ3) is 3.74. The first-order valence-electron chi connectivity index (χ1n) is 5.29. The standard InChI is InChI=1S/C11H19F2N/c1-9(2)10-4-3-6-14(7-5-10)8-11(12)13/h5,9,11H,3-4,6-8H2,1-2H3. The zero-order chi connectivity index (χ0) is 10.6. The number of halogens is 2. The first-order valence-corrected chi connectivity index (χ1v) is 5.29. The van der Waals surface area contributed by atoms with E-state index < -0.39 is 6.43 Å². The Kier molecular flexibility index (Phi) is 4.52. The van der Waals surface area contributed by atoms with Crippen molar-refractivity contribution in [3.05, 3.63) is 11.6 Å². The van der Waals surface area contributed by atoms with Crippen molar-refractivity contribution in [3.8, 4) is 0 Å². The van der Waals surface area contributed by atoms with Crippen molar-refractivity contribution in [1.29, 1.82) is 0 Å². The second-order valence-electron chi connectivity index (χ2n) is 4.19. The minimum atomic E-state index is -2.20. The molecule has 14 heavy (non-hydrogen) atoms. The number of hydrogen-bond acceptors (Lipinski definition) is 1. The molecule has 1 rings (SSSR count). The van der Waals surface area contributed by atoms with Gasteiger partial charge in [0.05, 0.1) is 6.54 Å². The lowest BCUT2D eigenvalue weighted by Gasteiger charge is -2.17. The molecule has 0 fully saturated rings. The Morgan fingerprint density at radius 2 is 2.14 bits per heavy atom. The van der Waals surface area contributed by atoms with Gasteiger partial charge in [-0.2, -0.15) is 0 Å². The third-order valence-corrected chi connectivity index (χ3v) is 2.69. The molecular weight excluding hydrogens is 184 g/mol. The fourth-order valence-corrected chi connectivity index (χ4v) is 1.83. The predicted molar refractivity (Wildman–Crippen MR) is 54.6 cm³/mol. The molecule has 3 heteroatoms. The summed E-state index contributed by atoms with van der Waals surface area (Å²) >= 11 is 0. The molecule has 82 valence electrons. The molecule has 0 aliphatic carbocycles. The Morgan fingerprint density at radius 3 is 2.71 bits per heavy atom. The lowest BCUT2D eigenvalue weighted by molar-refractivity contribution is 0.0942. The minimum Gasteiger partial charge on any atom is -0.294 e. The van der Waals surface area contributed by atoms with Crippen LogP contribution in [-0.2, 0) is 0 Å². The Balaban J connectivity index is 2.46. The summed E-state index contributed by atoms with van der Waals surface area (Å²) in [6.45, 7) is 5.74. The Bertz CT molecular complexity index is 199. The molecule has 0 unspecified atom stereocenters. The average Bonchev–Trinajstić information content (AvgIpc) is 2.28. The van der Waals surface area contributed by atoms with Gasteiger partial charge in [0.15, 0.2) is 0 Å². The maximum Gasteiger partial charge on any atom is 0.251 e. The summed E-state index contributed by atoms with van der Waals surface area (Å²) in [6, 6.07) is 0. The van der Waals surface area contributed by atoms with Gasteiger partial charge in [0.1, 0.15) is 0 Å². The van der Waals surface area contributed by atoms with Gasteiger partial charge in [-0.25, -0.2) is 8.78 Å². The predicted octanol–water partition coefficient (Wildman–Crippen LogP) is 2.93. The van der Waals surface area contributed by atoms with Crippen molar-refractivity contribution in [1.82, 2.24) is 4.90 Å². The fourth-order valence-electron chi connectivity index (χ4n) is 1.83. The Labute approximate surface area is 84.8 Å². The zero-order valence-electron chi connectivity index (χ0n) is 8.97. The van der Waals surface area contributed by atoms with Crippen LogP contribution < -0.4 is 0 Å². The number of rotatable bonds is 3. The highest BCUT2D eigenvalue weighted by molar-refractivity contribution is 5.07. The summed E-state index contributed by atoms with van der Waals surface area (Å²) in [5.74, 6) is 0.557. The van der Waals surface area contributed by atoms with E-state index in [2.05, 4.69) is 19.9 Å². The molecular formula is C11H19F2N. The van der Waals surface area contributed by atoms with Crippen LogP contribution in [0.15, 0.2) is 11.6 Å². The Morgan fingerprint density at radius 1 is 1.43 bits per heavy atom. The van der Waals surface area contributed by atoms with Gasteiger partial charge in [-0.05, 0) is 25.3 Å². The summed E-state index contributed by atoms with van der Waals surface area (Å²) < 4.78 is 24.3. The van der Waals surface area contributed by atoms with Crippen LogP contribution in [0.2, 0.25) is 0 Å². The van der Waals surface area contributed by atoms with Crippen molar-refractivity contribution < 1.29 is 8.78 Å². The second-order valence-corrected chi connectivity index (χ2v) is 4.19. The monoisotopic (exact) mass is 203 g/mol. The van der Waals surface area contributed by atoms with Gasteiger partial charge in [0, 0.05) is 6.54 Å². The topological polar surface area (TPSA) is 3.24 Å². The summed E-state index contributed by atoms with van der Waals surface area (Å²) in [4.78, 5) is 1.83. The molecule has 0 N–H and O–H groups in total. The quantitative estimate of drug-likeness (QED) is 0.637. The van der Waals surface area contributed by atoms with Crippen LogP contribution in [-0.4, -0.2) is 31.0 Å². The number of alkyl halides is 2. The third-order valence-electron chi connectivity index (χ3n) is 2.69. The molecule has 0 aromatic heterocycles. The van der Waals surface area contributed by atoms with Crippen LogP contribution in [0.1, 0.15) is 26.7 Å². The van der Waals surface area contributed by atoms with Gasteiger partial charge in [-0.1, -0.05) is 25.5 Å². The summed E-state index contributed by atoms with van der Waals surface area (Å²) in [6.07, 6.45) is 2.00. The van der Waals surface area contributed by atoms with Crippen LogP contribution in [0.5, 0.6) is 0 Å². The van der Waals surface area contributed by atoms with Gasteiger partial charge in [0.2, 0.25) is 0 Å². The molecule has 0 spiro atoms. The van der Waals surface area contributed by atoms with E-state index in [1.54, 1.807) is 0 Å². The SMILES string of the molecule is CC(C)C1=CCN(CC(F)F)CCC1. The molecule has 0 bridgehead atoms. The van der Waals surface area contributed by atoms with Crippen molar-refractivity contribution in [2.75, 3.05) is 19.6 Å². The number of hydrogen-bond donors (Lipinski definition) is 0. The molecule has 0 aromatic carbocycles. The van der Waals surface area contributed by atoms with E-state index in [0.717, 1.165) is 19.4 Å². The van der Waals surface area contributed by atoms with Crippen LogP contribution >= 0.6 is 0 Å². The van der Waals surface area contributed by atoms with Crippen LogP contribution in [0, 0.1) is 5.92 Å². The average molecular weight is 203 g/mol. The summed E-state index contributed by atoms with van der Waals surface area (Å²) in [5.41, 5.74) is 1.42. The molecule has 0 saturated carbocycles. The number of allylic oxidation sites excluding steroid dienone is 1. The molecule has 1 aliphatic rings. The van der Waals surface area contributed by atoms with Gasteiger partial charge in [-0.3, -0.25) is 4.90 Å². The summed E-state index contributed by atoms with van der Waals surface area (Å²) in [7, 11) is 0. The van der Waals surface area contributed by atoms with E-state index in [0.29, 0.717) is 12.5 Å². The van der Waals surface area contributed by atoms with Gasteiger partial charge in [0.25, 0.3) is 6.43 Å². The first kappa shape index (κ1) is 11.6. The van der Waals surface area contributed by atoms with E-state index in [1.807, 2.05) is 4.90 Å². The van der Waals surface area contributed by atoms with Crippen molar-refractivity contribution in [2.45, 2.75) is 33.1 Å². The van der Waals surface area contributed by atoms with Crippen LogP contribution in [0.3, 0.4) is 0 Å². The molecule has 0 radical (unpaired) electrons. The van der Waals surface area contributed by atoms with E-state index in [1.165, 1.54) is 5.57 Å². The summed E-state index contributed by atoms with van der Waals surface area (Å²) in [5, 5.41) is 0. The maximum absolute atomic E-state index is 12.1. The molecule has 0 saturated heterocycles. The van der Waals surface area contributed by atoms with Crippen LogP contribution in [0.25, 0.3) is 0 Å². The Hall–Kier alpha value is -0.440. The van der Waals surface area contributed by atoms with Crippen LogP contribution in [0.4, 0.5) is 8.78 Å². The highest BCUT2D eigenvalue weighted by atomic mass is 19.3. The van der Waals surface area contributed by atoms with Crippen molar-refractivity contribution in [2.24, 2.45) is 5.92 Å². The highest BCUT2D eigenvalue weighted by Gasteiger charge is 2.14. The van der Waals surface area contributed by atoms with Gasteiger partial charge < -0.3 is 0 Å². The normalized spacial score (nSPS) is 20.0. The molecule has 0 aromatic rings. The molecule has 0 amide bonds. The smallest absolute Gasteiger partial charge is 0.251 e. The largest absolute Gasteiger partial charge is 0.294 e. The van der Waals surface area contributed by atoms with E-state index in [-0.39, 0.29) is 6.54 Å². The van der Waals surface area contributed by atoms with E-state index in [4.69, 9.17) is 0 Å². The van der Waals surface area contributed by atoms with Crippen molar-refractivity contribution in [3.63, 3.8) is 0 Å². The van der Waals surface area contributed by atoms with Gasteiger partial charge >= 0.3 is 0 Å². The molecule has 0 atom stereocenters. The highest BCUT2D eigenvalue weighted by Crippen LogP contribution is 2.19. The van der Waals surface area contributed by atoms with E-state index in [9.17, 15) is 8.78 Å². The van der Waals surface area contributed by atoms with Crippen molar-refractivity contribution >= 4 is 0 Å². The zero-order valence-corrected chi connectivity index (χ0v) is 8.97. The maximum atomic E-state index is 12.1. The first-order chi connectivity index (χ1) is 6.59. The second kappa shape index (κ2) is 5.44. The number of nitrogens with zero attached hydrogens (tertiary/aromatic N) is 1. The van der Waals surface area contributed by atoms with E-state index >= 15 is 0 Å². The lowest BCUT2D eigenvalue weighted by atomic mass is 9.99. The van der Waals surface area contributed by atoms with Gasteiger partial charge in [-0.15, -0.1) is 0 Å².